The molecule has 0 spiro atoms. The number of hydrogen-bond acceptors (Lipinski definition) is 4. The highest BCUT2D eigenvalue weighted by Gasteiger charge is 2.31. The van der Waals surface area contributed by atoms with Crippen molar-refractivity contribution in [2.75, 3.05) is 6.61 Å². The zero-order chi connectivity index (χ0) is 18.8. The number of fused-ring (bicyclic) bond motifs is 3. The summed E-state index contributed by atoms with van der Waals surface area (Å²) in [5.41, 5.74) is 4.75. The van der Waals surface area contributed by atoms with Crippen LogP contribution in [0.2, 0.25) is 0 Å². The number of Topliss-reactive ketones (excluding diaryl/α,β-unsaturated/α-hetero) is 1. The van der Waals surface area contributed by atoms with E-state index in [9.17, 15) is 9.59 Å². The topological polar surface area (TPSA) is 52.6 Å². The van der Waals surface area contributed by atoms with Gasteiger partial charge < -0.3 is 9.47 Å². The van der Waals surface area contributed by atoms with E-state index in [1.165, 1.54) is 6.92 Å². The summed E-state index contributed by atoms with van der Waals surface area (Å²) in [5, 5.41) is 0. The van der Waals surface area contributed by atoms with E-state index in [-0.39, 0.29) is 12.4 Å². The lowest BCUT2D eigenvalue weighted by molar-refractivity contribution is -0.149. The maximum Gasteiger partial charge on any atom is 0.345 e. The van der Waals surface area contributed by atoms with Gasteiger partial charge >= 0.3 is 5.97 Å². The molecule has 0 atom stereocenters. The largest absolute Gasteiger partial charge is 0.482 e. The standard InChI is InChI=1S/C23H18O4/c1-15(24)16-10-12-17(13-11-16)26-14-22(25)27-23-20-8-4-2-6-18(20)19-7-3-5-9-21(19)23/h2-13,23H,14H2,1H3. The number of benzene rings is 3. The molecule has 1 aliphatic carbocycles. The molecule has 134 valence electrons. The number of carbonyl (C=O) groups excluding carboxylic acids is 2. The highest BCUT2D eigenvalue weighted by atomic mass is 16.6. The summed E-state index contributed by atoms with van der Waals surface area (Å²) < 4.78 is 11.2. The lowest BCUT2D eigenvalue weighted by Crippen LogP contribution is -2.18. The van der Waals surface area contributed by atoms with Gasteiger partial charge in [-0.2, -0.15) is 0 Å². The van der Waals surface area contributed by atoms with Gasteiger partial charge in [0.2, 0.25) is 0 Å². The molecule has 0 saturated heterocycles. The Balaban J connectivity index is 1.46. The summed E-state index contributed by atoms with van der Waals surface area (Å²) in [6.07, 6.45) is -0.423. The van der Waals surface area contributed by atoms with Crippen LogP contribution in [0.1, 0.15) is 34.5 Å². The molecule has 3 aromatic carbocycles. The van der Waals surface area contributed by atoms with Crippen LogP contribution in [0.5, 0.6) is 5.75 Å². The number of rotatable bonds is 5. The van der Waals surface area contributed by atoms with Crippen LogP contribution < -0.4 is 4.74 Å². The quantitative estimate of drug-likeness (QED) is 0.495. The van der Waals surface area contributed by atoms with E-state index < -0.39 is 12.1 Å². The zero-order valence-corrected chi connectivity index (χ0v) is 14.8. The number of ketones is 1. The van der Waals surface area contributed by atoms with Crippen molar-refractivity contribution in [3.05, 3.63) is 89.5 Å². The second-order valence-corrected chi connectivity index (χ2v) is 6.41. The summed E-state index contributed by atoms with van der Waals surface area (Å²) in [4.78, 5) is 23.7. The van der Waals surface area contributed by atoms with Gasteiger partial charge in [-0.05, 0) is 42.3 Å². The van der Waals surface area contributed by atoms with E-state index in [2.05, 4.69) is 0 Å². The molecular weight excluding hydrogens is 340 g/mol. The lowest BCUT2D eigenvalue weighted by atomic mass is 10.1. The van der Waals surface area contributed by atoms with E-state index >= 15 is 0 Å². The van der Waals surface area contributed by atoms with Gasteiger partial charge in [-0.1, -0.05) is 48.5 Å². The van der Waals surface area contributed by atoms with Crippen LogP contribution in [-0.4, -0.2) is 18.4 Å². The van der Waals surface area contributed by atoms with Crippen LogP contribution in [0.25, 0.3) is 11.1 Å². The first kappa shape index (κ1) is 17.0. The van der Waals surface area contributed by atoms with Crippen molar-refractivity contribution in [2.24, 2.45) is 0 Å². The van der Waals surface area contributed by atoms with E-state index in [0.717, 1.165) is 22.3 Å². The molecule has 0 saturated carbocycles. The number of carbonyl (C=O) groups is 2. The summed E-state index contributed by atoms with van der Waals surface area (Å²) >= 11 is 0. The summed E-state index contributed by atoms with van der Waals surface area (Å²) in [6.45, 7) is 1.31. The highest BCUT2D eigenvalue weighted by Crippen LogP contribution is 2.44. The Morgan fingerprint density at radius 3 is 1.93 bits per heavy atom. The molecule has 4 nitrogen and oxygen atoms in total. The van der Waals surface area contributed by atoms with Gasteiger partial charge in [0, 0.05) is 16.7 Å². The molecule has 1 aliphatic rings. The highest BCUT2D eigenvalue weighted by molar-refractivity contribution is 5.94. The maximum atomic E-state index is 12.4. The molecular formula is C23H18O4. The molecule has 4 heteroatoms. The minimum Gasteiger partial charge on any atom is -0.482 e. The van der Waals surface area contributed by atoms with Crippen molar-refractivity contribution in [3.8, 4) is 16.9 Å². The Kier molecular flexibility index (Phi) is 4.47. The Bertz CT molecular complexity index is 959. The number of ether oxygens (including phenoxy) is 2. The van der Waals surface area contributed by atoms with Crippen molar-refractivity contribution in [2.45, 2.75) is 13.0 Å². The second kappa shape index (κ2) is 7.08. The van der Waals surface area contributed by atoms with Crippen molar-refractivity contribution >= 4 is 11.8 Å². The van der Waals surface area contributed by atoms with Crippen LogP contribution in [0.4, 0.5) is 0 Å². The van der Waals surface area contributed by atoms with Crippen LogP contribution in [0.15, 0.2) is 72.8 Å². The molecule has 0 heterocycles. The van der Waals surface area contributed by atoms with Gasteiger partial charge in [0.25, 0.3) is 0 Å². The van der Waals surface area contributed by atoms with Crippen LogP contribution in [0.3, 0.4) is 0 Å². The molecule has 0 bridgehead atoms. The predicted octanol–water partition coefficient (Wildman–Crippen LogP) is 4.58. The fraction of sp³-hybridized carbons (Fsp3) is 0.130. The van der Waals surface area contributed by atoms with Crippen LogP contribution in [0, 0.1) is 0 Å². The van der Waals surface area contributed by atoms with E-state index in [4.69, 9.17) is 9.47 Å². The molecule has 3 aromatic rings. The van der Waals surface area contributed by atoms with Crippen molar-refractivity contribution in [1.29, 1.82) is 0 Å². The van der Waals surface area contributed by atoms with Crippen molar-refractivity contribution in [1.82, 2.24) is 0 Å². The SMILES string of the molecule is CC(=O)c1ccc(OCC(=O)OC2c3ccccc3-c3ccccc32)cc1. The summed E-state index contributed by atoms with van der Waals surface area (Å²) in [7, 11) is 0. The van der Waals surface area contributed by atoms with E-state index in [1.807, 2.05) is 48.5 Å². The van der Waals surface area contributed by atoms with E-state index in [1.54, 1.807) is 24.3 Å². The van der Waals surface area contributed by atoms with Gasteiger partial charge in [-0.25, -0.2) is 4.79 Å². The first-order valence-electron chi connectivity index (χ1n) is 8.75. The molecule has 27 heavy (non-hydrogen) atoms. The van der Waals surface area contributed by atoms with Crippen LogP contribution >= 0.6 is 0 Å². The third-order valence-corrected chi connectivity index (χ3v) is 4.64. The third kappa shape index (κ3) is 3.34. The van der Waals surface area contributed by atoms with Crippen molar-refractivity contribution in [3.63, 3.8) is 0 Å². The molecule has 0 unspecified atom stereocenters. The molecule has 0 aromatic heterocycles. The molecule has 0 radical (unpaired) electrons. The van der Waals surface area contributed by atoms with E-state index in [0.29, 0.717) is 11.3 Å². The minimum atomic E-state index is -0.442. The van der Waals surface area contributed by atoms with Crippen LogP contribution in [-0.2, 0) is 9.53 Å². The summed E-state index contributed by atoms with van der Waals surface area (Å²) in [6, 6.07) is 22.6. The first-order valence-corrected chi connectivity index (χ1v) is 8.75. The average Bonchev–Trinajstić information content (AvgIpc) is 3.01. The van der Waals surface area contributed by atoms with Gasteiger partial charge in [0.05, 0.1) is 0 Å². The fourth-order valence-corrected chi connectivity index (χ4v) is 3.33. The third-order valence-electron chi connectivity index (χ3n) is 4.64. The summed E-state index contributed by atoms with van der Waals surface area (Å²) in [5.74, 6) is 0.0610. The molecule has 0 aliphatic heterocycles. The molecule has 0 amide bonds. The monoisotopic (exact) mass is 358 g/mol. The first-order chi connectivity index (χ1) is 13.1. The van der Waals surface area contributed by atoms with Gasteiger partial charge in [-0.3, -0.25) is 4.79 Å². The predicted molar refractivity (Wildman–Crippen MR) is 102 cm³/mol. The lowest BCUT2D eigenvalue weighted by Gasteiger charge is -2.15. The smallest absolute Gasteiger partial charge is 0.345 e. The Morgan fingerprint density at radius 1 is 0.815 bits per heavy atom. The molecule has 4 rings (SSSR count). The molecule has 0 fully saturated rings. The Hall–Kier alpha value is -3.40. The average molecular weight is 358 g/mol. The van der Waals surface area contributed by atoms with Gasteiger partial charge in [0.1, 0.15) is 5.75 Å². The zero-order valence-electron chi connectivity index (χ0n) is 14.8. The number of esters is 1. The Labute approximate surface area is 157 Å². The Morgan fingerprint density at radius 2 is 1.37 bits per heavy atom. The van der Waals surface area contributed by atoms with Gasteiger partial charge in [-0.15, -0.1) is 0 Å². The minimum absolute atomic E-state index is 0.0143. The fourth-order valence-electron chi connectivity index (χ4n) is 3.33. The normalized spacial score (nSPS) is 12.2. The number of hydrogen-bond donors (Lipinski definition) is 0. The van der Waals surface area contributed by atoms with Gasteiger partial charge in [0.15, 0.2) is 18.5 Å². The second-order valence-electron chi connectivity index (χ2n) is 6.41. The molecule has 0 N–H and O–H groups in total. The maximum absolute atomic E-state index is 12.4. The van der Waals surface area contributed by atoms with Crippen molar-refractivity contribution < 1.29 is 19.1 Å².